The second-order valence-electron chi connectivity index (χ2n) is 5.61. The minimum atomic E-state index is -0.636. The van der Waals surface area contributed by atoms with Crippen LogP contribution in [0.4, 0.5) is 8.78 Å². The second kappa shape index (κ2) is 6.08. The number of halogens is 2. The maximum absolute atomic E-state index is 14.1. The van der Waals surface area contributed by atoms with E-state index in [0.717, 1.165) is 0 Å². The third-order valence-corrected chi connectivity index (χ3v) is 4.00. The number of nitrogens with one attached hydrogen (secondary N) is 1. The monoisotopic (exact) mass is 321 g/mol. The van der Waals surface area contributed by atoms with Crippen molar-refractivity contribution in [2.45, 2.75) is 26.4 Å². The van der Waals surface area contributed by atoms with Crippen LogP contribution in [-0.2, 0) is 19.5 Å². The topological polar surface area (TPSA) is 58.2 Å². The molecular formula is C16H17F2N3O2. The van der Waals surface area contributed by atoms with Crippen molar-refractivity contribution in [1.82, 2.24) is 14.9 Å². The maximum Gasteiger partial charge on any atom is 0.254 e. The summed E-state index contributed by atoms with van der Waals surface area (Å²) in [6.07, 6.45) is 0.511. The lowest BCUT2D eigenvalue weighted by Gasteiger charge is -2.27. The molecule has 0 radical (unpaired) electrons. The van der Waals surface area contributed by atoms with Crippen LogP contribution in [0.15, 0.2) is 16.9 Å². The Bertz CT molecular complexity index is 781. The highest BCUT2D eigenvalue weighted by Crippen LogP contribution is 2.23. The number of methoxy groups -OCH3 is 1. The first kappa shape index (κ1) is 15.6. The summed E-state index contributed by atoms with van der Waals surface area (Å²) < 4.78 is 33.0. The van der Waals surface area contributed by atoms with Gasteiger partial charge in [-0.25, -0.2) is 13.8 Å². The zero-order valence-electron chi connectivity index (χ0n) is 12.9. The lowest BCUT2D eigenvalue weighted by Crippen LogP contribution is -2.35. The van der Waals surface area contributed by atoms with E-state index in [2.05, 4.69) is 9.97 Å². The van der Waals surface area contributed by atoms with Crippen LogP contribution in [0, 0.1) is 18.6 Å². The number of rotatable bonds is 3. The van der Waals surface area contributed by atoms with Crippen molar-refractivity contribution in [3.8, 4) is 5.75 Å². The predicted molar refractivity (Wildman–Crippen MR) is 80.3 cm³/mol. The van der Waals surface area contributed by atoms with E-state index < -0.39 is 11.6 Å². The van der Waals surface area contributed by atoms with Crippen molar-refractivity contribution in [2.75, 3.05) is 13.7 Å². The number of hydrogen-bond acceptors (Lipinski definition) is 4. The number of benzene rings is 1. The smallest absolute Gasteiger partial charge is 0.254 e. The zero-order chi connectivity index (χ0) is 16.6. The molecule has 122 valence electrons. The third-order valence-electron chi connectivity index (χ3n) is 4.00. The number of fused-ring (bicyclic) bond motifs is 1. The molecule has 0 saturated carbocycles. The van der Waals surface area contributed by atoms with Gasteiger partial charge in [0.15, 0.2) is 0 Å². The van der Waals surface area contributed by atoms with E-state index in [9.17, 15) is 13.6 Å². The summed E-state index contributed by atoms with van der Waals surface area (Å²) in [4.78, 5) is 20.8. The Morgan fingerprint density at radius 2 is 2.04 bits per heavy atom. The standard InChI is InChI=1S/C16H17F2N3O2/c1-9-19-15-8-21(4-3-11(15)16(22)20-9)7-12-13(17)5-10(23-2)6-14(12)18/h5-6H,3-4,7-8H2,1-2H3,(H,19,20,22). The Balaban J connectivity index is 1.84. The third kappa shape index (κ3) is 3.10. The fourth-order valence-corrected chi connectivity index (χ4v) is 2.83. The van der Waals surface area contributed by atoms with E-state index in [0.29, 0.717) is 36.6 Å². The molecule has 2 aromatic rings. The molecule has 7 heteroatoms. The molecule has 0 bridgehead atoms. The van der Waals surface area contributed by atoms with E-state index >= 15 is 0 Å². The first-order valence-corrected chi connectivity index (χ1v) is 7.31. The Morgan fingerprint density at radius 1 is 1.35 bits per heavy atom. The van der Waals surface area contributed by atoms with E-state index in [4.69, 9.17) is 4.74 Å². The van der Waals surface area contributed by atoms with Gasteiger partial charge in [-0.2, -0.15) is 0 Å². The van der Waals surface area contributed by atoms with Crippen LogP contribution in [0.1, 0.15) is 22.6 Å². The van der Waals surface area contributed by atoms with Crippen LogP contribution in [0.5, 0.6) is 5.75 Å². The van der Waals surface area contributed by atoms with Crippen LogP contribution in [0.3, 0.4) is 0 Å². The van der Waals surface area contributed by atoms with Gasteiger partial charge in [0.05, 0.1) is 12.8 Å². The molecule has 23 heavy (non-hydrogen) atoms. The molecule has 0 fully saturated rings. The normalized spacial score (nSPS) is 14.6. The molecular weight excluding hydrogens is 304 g/mol. The molecule has 1 aromatic carbocycles. The van der Waals surface area contributed by atoms with E-state index in [1.807, 2.05) is 4.90 Å². The van der Waals surface area contributed by atoms with Gasteiger partial charge in [0.25, 0.3) is 5.56 Å². The van der Waals surface area contributed by atoms with Crippen LogP contribution in [0.25, 0.3) is 0 Å². The minimum absolute atomic E-state index is 0.00388. The largest absolute Gasteiger partial charge is 0.497 e. The van der Waals surface area contributed by atoms with Gasteiger partial charge < -0.3 is 9.72 Å². The first-order chi connectivity index (χ1) is 11.0. The van der Waals surface area contributed by atoms with E-state index in [1.54, 1.807) is 6.92 Å². The summed E-state index contributed by atoms with van der Waals surface area (Å²) >= 11 is 0. The summed E-state index contributed by atoms with van der Waals surface area (Å²) in [6.45, 7) is 2.77. The zero-order valence-corrected chi connectivity index (χ0v) is 12.9. The Labute approximate surface area is 131 Å². The van der Waals surface area contributed by atoms with Crippen molar-refractivity contribution >= 4 is 0 Å². The van der Waals surface area contributed by atoms with Crippen molar-refractivity contribution in [3.05, 3.63) is 56.8 Å². The van der Waals surface area contributed by atoms with Gasteiger partial charge in [0.1, 0.15) is 23.2 Å². The summed E-state index contributed by atoms with van der Waals surface area (Å²) in [5.74, 6) is -0.584. The average Bonchev–Trinajstić information content (AvgIpc) is 2.50. The molecule has 0 unspecified atom stereocenters. The quantitative estimate of drug-likeness (QED) is 0.938. The van der Waals surface area contributed by atoms with Gasteiger partial charge >= 0.3 is 0 Å². The molecule has 1 aliphatic heterocycles. The van der Waals surface area contributed by atoms with Crippen molar-refractivity contribution in [2.24, 2.45) is 0 Å². The van der Waals surface area contributed by atoms with Gasteiger partial charge in [-0.3, -0.25) is 9.69 Å². The number of hydrogen-bond donors (Lipinski definition) is 1. The summed E-state index contributed by atoms with van der Waals surface area (Å²) in [6, 6.07) is 2.34. The number of aromatic amines is 1. The predicted octanol–water partition coefficient (Wildman–Crippen LogP) is 1.92. The number of ether oxygens (including phenoxy) is 1. The Kier molecular flexibility index (Phi) is 4.12. The van der Waals surface area contributed by atoms with Gasteiger partial charge in [-0.15, -0.1) is 0 Å². The molecule has 0 amide bonds. The molecule has 0 saturated heterocycles. The number of aryl methyl sites for hydroxylation is 1. The molecule has 1 aliphatic rings. The van der Waals surface area contributed by atoms with Crippen molar-refractivity contribution in [1.29, 1.82) is 0 Å². The maximum atomic E-state index is 14.1. The van der Waals surface area contributed by atoms with Crippen LogP contribution < -0.4 is 10.3 Å². The average molecular weight is 321 g/mol. The highest BCUT2D eigenvalue weighted by molar-refractivity contribution is 5.31. The number of H-pyrrole nitrogens is 1. The van der Waals surface area contributed by atoms with Crippen LogP contribution in [-0.4, -0.2) is 28.5 Å². The highest BCUT2D eigenvalue weighted by Gasteiger charge is 2.23. The van der Waals surface area contributed by atoms with Crippen molar-refractivity contribution in [3.63, 3.8) is 0 Å². The fourth-order valence-electron chi connectivity index (χ4n) is 2.83. The summed E-state index contributed by atoms with van der Waals surface area (Å²) in [5.41, 5.74) is 1.19. The van der Waals surface area contributed by atoms with Crippen LogP contribution >= 0.6 is 0 Å². The molecule has 2 heterocycles. The SMILES string of the molecule is COc1cc(F)c(CN2CCc3c(nc(C)[nH]c3=O)C2)c(F)c1. The molecule has 0 atom stereocenters. The van der Waals surface area contributed by atoms with Crippen molar-refractivity contribution < 1.29 is 13.5 Å². The van der Waals surface area contributed by atoms with E-state index in [1.165, 1.54) is 19.2 Å². The number of aromatic nitrogens is 2. The molecule has 3 rings (SSSR count). The molecule has 1 N–H and O–H groups in total. The van der Waals surface area contributed by atoms with Gasteiger partial charge in [-0.05, 0) is 13.3 Å². The van der Waals surface area contributed by atoms with Gasteiger partial charge in [0.2, 0.25) is 0 Å². The van der Waals surface area contributed by atoms with Gasteiger partial charge in [-0.1, -0.05) is 0 Å². The Hall–Kier alpha value is -2.28. The van der Waals surface area contributed by atoms with Crippen LogP contribution in [0.2, 0.25) is 0 Å². The highest BCUT2D eigenvalue weighted by atomic mass is 19.1. The lowest BCUT2D eigenvalue weighted by molar-refractivity contribution is 0.233. The van der Waals surface area contributed by atoms with Gasteiger partial charge in [0, 0.05) is 42.9 Å². The van der Waals surface area contributed by atoms with E-state index in [-0.39, 0.29) is 23.4 Å². The first-order valence-electron chi connectivity index (χ1n) is 7.31. The summed E-state index contributed by atoms with van der Waals surface area (Å²) in [5, 5.41) is 0. The number of nitrogens with zero attached hydrogens (tertiary/aromatic N) is 2. The lowest BCUT2D eigenvalue weighted by atomic mass is 10.1. The Morgan fingerprint density at radius 3 is 2.70 bits per heavy atom. The fraction of sp³-hybridized carbons (Fsp3) is 0.375. The minimum Gasteiger partial charge on any atom is -0.497 e. The molecule has 0 spiro atoms. The summed E-state index contributed by atoms with van der Waals surface area (Å²) in [7, 11) is 1.36. The molecule has 1 aromatic heterocycles. The molecule has 5 nitrogen and oxygen atoms in total. The second-order valence-corrected chi connectivity index (χ2v) is 5.61. The molecule has 0 aliphatic carbocycles.